The average molecular weight is 521 g/mol. The molecule has 2 aromatic rings. The molecule has 0 radical (unpaired) electrons. The molecular formula is C29H36N4O5. The highest BCUT2D eigenvalue weighted by Gasteiger charge is 2.48. The van der Waals surface area contributed by atoms with Crippen LogP contribution in [0, 0.1) is 5.92 Å². The smallest absolute Gasteiger partial charge is 0.319 e. The van der Waals surface area contributed by atoms with Crippen LogP contribution in [0.15, 0.2) is 60.7 Å². The van der Waals surface area contributed by atoms with Crippen LogP contribution < -0.4 is 16.4 Å². The van der Waals surface area contributed by atoms with Crippen LogP contribution in [-0.4, -0.2) is 59.9 Å². The Morgan fingerprint density at radius 3 is 2.16 bits per heavy atom. The van der Waals surface area contributed by atoms with Crippen LogP contribution in [-0.2, 0) is 23.9 Å². The van der Waals surface area contributed by atoms with Gasteiger partial charge in [0.2, 0.25) is 17.7 Å². The number of esters is 1. The Labute approximate surface area is 223 Å². The SMILES string of the molecule is CCC(=O)NC1C(=O)N2C(CCC1COC(=O)CN)CCC2C(=O)NC(c1ccccc1)c1ccccc1. The lowest BCUT2D eigenvalue weighted by Gasteiger charge is -2.33. The molecule has 0 aliphatic carbocycles. The normalized spacial score (nSPS) is 22.9. The number of rotatable bonds is 9. The second-order valence-electron chi connectivity index (χ2n) is 9.88. The van der Waals surface area contributed by atoms with Gasteiger partial charge in [0.25, 0.3) is 0 Å². The van der Waals surface area contributed by atoms with Gasteiger partial charge in [-0.3, -0.25) is 19.2 Å². The van der Waals surface area contributed by atoms with E-state index in [9.17, 15) is 19.2 Å². The number of nitrogens with zero attached hydrogens (tertiary/aromatic N) is 1. The zero-order valence-corrected chi connectivity index (χ0v) is 21.7. The molecule has 4 rings (SSSR count). The summed E-state index contributed by atoms with van der Waals surface area (Å²) in [4.78, 5) is 53.4. The van der Waals surface area contributed by atoms with E-state index in [4.69, 9.17) is 10.5 Å². The summed E-state index contributed by atoms with van der Waals surface area (Å²) in [6, 6.07) is 17.4. The van der Waals surface area contributed by atoms with Crippen LogP contribution in [0.3, 0.4) is 0 Å². The van der Waals surface area contributed by atoms with Gasteiger partial charge in [-0.25, -0.2) is 0 Å². The van der Waals surface area contributed by atoms with Gasteiger partial charge < -0.3 is 26.0 Å². The maximum absolute atomic E-state index is 13.9. The molecule has 2 saturated heterocycles. The summed E-state index contributed by atoms with van der Waals surface area (Å²) >= 11 is 0. The van der Waals surface area contributed by atoms with Crippen LogP contribution in [0.2, 0.25) is 0 Å². The van der Waals surface area contributed by atoms with E-state index in [2.05, 4.69) is 10.6 Å². The Bertz CT molecular complexity index is 1090. The maximum Gasteiger partial charge on any atom is 0.319 e. The number of carbonyl (C=O) groups excluding carboxylic acids is 4. The van der Waals surface area contributed by atoms with Gasteiger partial charge in [-0.15, -0.1) is 0 Å². The highest BCUT2D eigenvalue weighted by molar-refractivity contribution is 5.93. The van der Waals surface area contributed by atoms with Crippen molar-refractivity contribution < 1.29 is 23.9 Å². The molecule has 2 fully saturated rings. The van der Waals surface area contributed by atoms with Gasteiger partial charge in [0.15, 0.2) is 0 Å². The molecule has 2 aliphatic heterocycles. The van der Waals surface area contributed by atoms with Crippen LogP contribution in [0.1, 0.15) is 56.2 Å². The van der Waals surface area contributed by atoms with Crippen LogP contribution in [0.25, 0.3) is 0 Å². The largest absolute Gasteiger partial charge is 0.464 e. The van der Waals surface area contributed by atoms with Crippen molar-refractivity contribution in [3.63, 3.8) is 0 Å². The van der Waals surface area contributed by atoms with Crippen LogP contribution in [0.5, 0.6) is 0 Å². The molecule has 0 bridgehead atoms. The topological polar surface area (TPSA) is 131 Å². The third-order valence-corrected chi connectivity index (χ3v) is 7.48. The number of fused-ring (bicyclic) bond motifs is 1. The molecule has 0 saturated carbocycles. The molecule has 9 nitrogen and oxygen atoms in total. The van der Waals surface area contributed by atoms with Crippen LogP contribution in [0.4, 0.5) is 0 Å². The summed E-state index contributed by atoms with van der Waals surface area (Å²) in [6.07, 6.45) is 2.67. The minimum Gasteiger partial charge on any atom is -0.464 e. The first kappa shape index (κ1) is 27.3. The van der Waals surface area contributed by atoms with Gasteiger partial charge in [0.05, 0.1) is 19.2 Å². The number of ether oxygens (including phenoxy) is 1. The van der Waals surface area contributed by atoms with Gasteiger partial charge in [-0.05, 0) is 36.8 Å². The Hall–Kier alpha value is -3.72. The maximum atomic E-state index is 13.9. The first-order valence-electron chi connectivity index (χ1n) is 13.3. The van der Waals surface area contributed by atoms with E-state index in [0.717, 1.165) is 11.1 Å². The Kier molecular flexibility index (Phi) is 9.12. The quantitative estimate of drug-likeness (QED) is 0.434. The number of nitrogens with two attached hydrogens (primary N) is 1. The molecule has 2 heterocycles. The van der Waals surface area contributed by atoms with Crippen LogP contribution >= 0.6 is 0 Å². The number of carbonyl (C=O) groups is 4. The monoisotopic (exact) mass is 520 g/mol. The molecule has 202 valence electrons. The van der Waals surface area contributed by atoms with E-state index < -0.39 is 24.0 Å². The average Bonchev–Trinajstić information content (AvgIpc) is 3.34. The van der Waals surface area contributed by atoms with Crippen molar-refractivity contribution in [3.05, 3.63) is 71.8 Å². The van der Waals surface area contributed by atoms with Crippen molar-refractivity contribution in [1.29, 1.82) is 0 Å². The lowest BCUT2D eigenvalue weighted by atomic mass is 9.93. The molecule has 4 unspecified atom stereocenters. The first-order chi connectivity index (χ1) is 18.4. The van der Waals surface area contributed by atoms with E-state index in [1.54, 1.807) is 11.8 Å². The molecule has 9 heteroatoms. The zero-order valence-electron chi connectivity index (χ0n) is 21.7. The molecule has 0 spiro atoms. The number of amides is 3. The van der Waals surface area contributed by atoms with Crippen molar-refractivity contribution in [2.45, 2.75) is 63.2 Å². The lowest BCUT2D eigenvalue weighted by Crippen LogP contribution is -2.56. The van der Waals surface area contributed by atoms with Gasteiger partial charge in [-0.1, -0.05) is 67.6 Å². The van der Waals surface area contributed by atoms with Gasteiger partial charge in [-0.2, -0.15) is 0 Å². The minimum atomic E-state index is -0.884. The molecular weight excluding hydrogens is 484 g/mol. The number of hydrogen-bond donors (Lipinski definition) is 3. The highest BCUT2D eigenvalue weighted by Crippen LogP contribution is 2.35. The fraction of sp³-hybridized carbons (Fsp3) is 0.448. The molecule has 4 atom stereocenters. The summed E-state index contributed by atoms with van der Waals surface area (Å²) in [5.41, 5.74) is 7.26. The highest BCUT2D eigenvalue weighted by atomic mass is 16.5. The predicted molar refractivity (Wildman–Crippen MR) is 141 cm³/mol. The molecule has 4 N–H and O–H groups in total. The Morgan fingerprint density at radius 2 is 1.58 bits per heavy atom. The second kappa shape index (κ2) is 12.7. The Balaban J connectivity index is 1.57. The molecule has 3 amide bonds. The molecule has 0 aromatic heterocycles. The molecule has 2 aliphatic rings. The molecule has 2 aromatic carbocycles. The predicted octanol–water partition coefficient (Wildman–Crippen LogP) is 2.06. The first-order valence-corrected chi connectivity index (χ1v) is 13.3. The fourth-order valence-corrected chi connectivity index (χ4v) is 5.47. The van der Waals surface area contributed by atoms with Crippen molar-refractivity contribution in [1.82, 2.24) is 15.5 Å². The second-order valence-corrected chi connectivity index (χ2v) is 9.88. The van der Waals surface area contributed by atoms with E-state index >= 15 is 0 Å². The van der Waals surface area contributed by atoms with Gasteiger partial charge in [0, 0.05) is 18.4 Å². The van der Waals surface area contributed by atoms with E-state index in [0.29, 0.717) is 25.7 Å². The lowest BCUT2D eigenvalue weighted by molar-refractivity contribution is -0.147. The summed E-state index contributed by atoms with van der Waals surface area (Å²) in [6.45, 7) is 1.44. The standard InChI is InChI=1S/C29H36N4O5/c1-2-24(34)31-27-21(18-38-25(35)17-30)13-14-22-15-16-23(33(22)29(27)37)28(36)32-26(19-9-5-3-6-10-19)20-11-7-4-8-12-20/h3-12,21-23,26-27H,2,13-18,30H2,1H3,(H,31,34)(H,32,36). The summed E-state index contributed by atoms with van der Waals surface area (Å²) < 4.78 is 5.26. The third kappa shape index (κ3) is 6.22. The van der Waals surface area contributed by atoms with Crippen molar-refractivity contribution in [3.8, 4) is 0 Å². The molecule has 38 heavy (non-hydrogen) atoms. The summed E-state index contributed by atoms with van der Waals surface area (Å²) in [5, 5.41) is 6.02. The zero-order chi connectivity index (χ0) is 27.1. The van der Waals surface area contributed by atoms with Crippen molar-refractivity contribution >= 4 is 23.7 Å². The van der Waals surface area contributed by atoms with Crippen molar-refractivity contribution in [2.75, 3.05) is 13.2 Å². The van der Waals surface area contributed by atoms with E-state index in [1.165, 1.54) is 0 Å². The van der Waals surface area contributed by atoms with Gasteiger partial charge >= 0.3 is 5.97 Å². The fourth-order valence-electron chi connectivity index (χ4n) is 5.47. The minimum absolute atomic E-state index is 0.0159. The van der Waals surface area contributed by atoms with E-state index in [1.807, 2.05) is 60.7 Å². The number of benzene rings is 2. The summed E-state index contributed by atoms with van der Waals surface area (Å²) in [5.74, 6) is -1.77. The van der Waals surface area contributed by atoms with Crippen molar-refractivity contribution in [2.24, 2.45) is 11.7 Å². The Morgan fingerprint density at radius 1 is 0.974 bits per heavy atom. The number of nitrogens with one attached hydrogen (secondary N) is 2. The number of hydrogen-bond acceptors (Lipinski definition) is 6. The third-order valence-electron chi connectivity index (χ3n) is 7.48. The van der Waals surface area contributed by atoms with E-state index in [-0.39, 0.29) is 49.4 Å². The summed E-state index contributed by atoms with van der Waals surface area (Å²) in [7, 11) is 0. The van der Waals surface area contributed by atoms with Gasteiger partial charge in [0.1, 0.15) is 12.1 Å².